The van der Waals surface area contributed by atoms with Crippen molar-refractivity contribution in [2.45, 2.75) is 19.9 Å². The number of carbonyl (C=O) groups excluding carboxylic acids is 1. The number of carbonyl (C=O) groups is 1. The number of halogens is 1. The van der Waals surface area contributed by atoms with Gasteiger partial charge in [0.25, 0.3) is 0 Å². The van der Waals surface area contributed by atoms with Gasteiger partial charge in [0.2, 0.25) is 5.91 Å². The van der Waals surface area contributed by atoms with Crippen molar-refractivity contribution < 1.29 is 4.79 Å². The summed E-state index contributed by atoms with van der Waals surface area (Å²) in [7, 11) is 0. The first kappa shape index (κ1) is 13.2. The summed E-state index contributed by atoms with van der Waals surface area (Å²) in [5.41, 5.74) is 6.52. The molecule has 3 nitrogen and oxygen atoms in total. The van der Waals surface area contributed by atoms with E-state index >= 15 is 0 Å². The Morgan fingerprint density at radius 3 is 2.75 bits per heavy atom. The van der Waals surface area contributed by atoms with Crippen LogP contribution in [-0.2, 0) is 4.79 Å². The van der Waals surface area contributed by atoms with Crippen LogP contribution in [0.4, 0.5) is 0 Å². The molecule has 16 heavy (non-hydrogen) atoms. The van der Waals surface area contributed by atoms with Crippen molar-refractivity contribution >= 4 is 21.8 Å². The molecular formula is C12H17BrN2O. The third kappa shape index (κ3) is 3.61. The number of nitrogens with two attached hydrogens (primary N) is 1. The number of hydrogen-bond acceptors (Lipinski definition) is 2. The van der Waals surface area contributed by atoms with E-state index in [1.54, 1.807) is 0 Å². The van der Waals surface area contributed by atoms with E-state index in [1.807, 2.05) is 38.1 Å². The molecule has 1 aromatic carbocycles. The predicted octanol–water partition coefficient (Wildman–Crippen LogP) is 2.22. The number of amides is 1. The van der Waals surface area contributed by atoms with Gasteiger partial charge in [-0.05, 0) is 24.6 Å². The lowest BCUT2D eigenvalue weighted by atomic mass is 10.1. The van der Waals surface area contributed by atoms with Gasteiger partial charge in [0.1, 0.15) is 0 Å². The summed E-state index contributed by atoms with van der Waals surface area (Å²) in [5, 5.41) is 2.93. The zero-order valence-corrected chi connectivity index (χ0v) is 11.1. The number of rotatable bonds is 4. The molecule has 1 rings (SSSR count). The van der Waals surface area contributed by atoms with Gasteiger partial charge < -0.3 is 11.1 Å². The summed E-state index contributed by atoms with van der Waals surface area (Å²) < 4.78 is 1.01. The Morgan fingerprint density at radius 2 is 2.19 bits per heavy atom. The Hall–Kier alpha value is -0.870. The minimum atomic E-state index is -0.144. The molecule has 3 N–H and O–H groups in total. The Kier molecular flexibility index (Phi) is 4.96. The molecular weight excluding hydrogens is 268 g/mol. The highest BCUT2D eigenvalue weighted by atomic mass is 79.9. The van der Waals surface area contributed by atoms with Crippen molar-refractivity contribution in [2.24, 2.45) is 11.7 Å². The van der Waals surface area contributed by atoms with Crippen LogP contribution in [0.2, 0.25) is 0 Å². The second-order valence-corrected chi connectivity index (χ2v) is 4.84. The maximum atomic E-state index is 11.6. The van der Waals surface area contributed by atoms with Gasteiger partial charge in [-0.3, -0.25) is 4.79 Å². The summed E-state index contributed by atoms with van der Waals surface area (Å²) >= 11 is 3.41. The van der Waals surface area contributed by atoms with Gasteiger partial charge in [0.05, 0.1) is 6.04 Å². The Morgan fingerprint density at radius 1 is 1.50 bits per heavy atom. The fourth-order valence-electron chi connectivity index (χ4n) is 1.32. The van der Waals surface area contributed by atoms with Crippen LogP contribution < -0.4 is 11.1 Å². The lowest BCUT2D eigenvalue weighted by Gasteiger charge is -2.17. The molecule has 0 aliphatic carbocycles. The second-order valence-electron chi connectivity index (χ2n) is 3.92. The van der Waals surface area contributed by atoms with Crippen molar-refractivity contribution in [3.63, 3.8) is 0 Å². The van der Waals surface area contributed by atoms with Gasteiger partial charge in [-0.2, -0.15) is 0 Å². The van der Waals surface area contributed by atoms with Crippen molar-refractivity contribution in [1.82, 2.24) is 5.32 Å². The molecule has 0 aliphatic rings. The zero-order chi connectivity index (χ0) is 12.1. The van der Waals surface area contributed by atoms with Crippen molar-refractivity contribution in [3.8, 4) is 0 Å². The van der Waals surface area contributed by atoms with Crippen LogP contribution in [0.15, 0.2) is 28.7 Å². The van der Waals surface area contributed by atoms with Crippen LogP contribution in [0, 0.1) is 5.92 Å². The first-order chi connectivity index (χ1) is 7.54. The molecule has 0 heterocycles. The van der Waals surface area contributed by atoms with Crippen LogP contribution in [0.25, 0.3) is 0 Å². The molecule has 0 aromatic heterocycles. The molecule has 0 fully saturated rings. The van der Waals surface area contributed by atoms with E-state index in [9.17, 15) is 4.79 Å². The average Bonchev–Trinajstić information content (AvgIpc) is 2.27. The summed E-state index contributed by atoms with van der Waals surface area (Å²) in [4.78, 5) is 11.6. The monoisotopic (exact) mass is 284 g/mol. The van der Waals surface area contributed by atoms with E-state index in [1.165, 1.54) is 0 Å². The Labute approximate surface area is 105 Å². The van der Waals surface area contributed by atoms with Gasteiger partial charge >= 0.3 is 0 Å². The average molecular weight is 285 g/mol. The number of benzene rings is 1. The van der Waals surface area contributed by atoms with Crippen LogP contribution in [-0.4, -0.2) is 12.5 Å². The first-order valence-corrected chi connectivity index (χ1v) is 6.09. The Balaban J connectivity index is 2.65. The van der Waals surface area contributed by atoms with E-state index in [2.05, 4.69) is 21.2 Å². The highest BCUT2D eigenvalue weighted by molar-refractivity contribution is 9.10. The van der Waals surface area contributed by atoms with E-state index < -0.39 is 0 Å². The van der Waals surface area contributed by atoms with Gasteiger partial charge in [-0.1, -0.05) is 35.0 Å². The Bertz CT molecular complexity index is 368. The zero-order valence-electron chi connectivity index (χ0n) is 9.53. The standard InChI is InChI=1S/C12H17BrN2O/c1-8(7-14)12(16)15-9(2)10-4-3-5-11(13)6-10/h3-6,8-9H,7,14H2,1-2H3,(H,15,16)/t8?,9-/m0/s1. The van der Waals surface area contributed by atoms with E-state index in [0.29, 0.717) is 6.54 Å². The molecule has 0 bridgehead atoms. The van der Waals surface area contributed by atoms with Gasteiger partial charge in [0, 0.05) is 16.9 Å². The van der Waals surface area contributed by atoms with Crippen molar-refractivity contribution in [2.75, 3.05) is 6.54 Å². The van der Waals surface area contributed by atoms with E-state index in [-0.39, 0.29) is 17.9 Å². The van der Waals surface area contributed by atoms with Crippen LogP contribution in [0.3, 0.4) is 0 Å². The normalized spacial score (nSPS) is 14.2. The minimum Gasteiger partial charge on any atom is -0.349 e. The molecule has 1 aromatic rings. The third-order valence-corrected chi connectivity index (χ3v) is 3.00. The molecule has 0 spiro atoms. The number of nitrogens with one attached hydrogen (secondary N) is 1. The van der Waals surface area contributed by atoms with E-state index in [0.717, 1.165) is 10.0 Å². The maximum Gasteiger partial charge on any atom is 0.224 e. The fraction of sp³-hybridized carbons (Fsp3) is 0.417. The highest BCUT2D eigenvalue weighted by Crippen LogP contribution is 2.18. The molecule has 0 saturated carbocycles. The van der Waals surface area contributed by atoms with Crippen molar-refractivity contribution in [1.29, 1.82) is 0 Å². The van der Waals surface area contributed by atoms with Crippen molar-refractivity contribution in [3.05, 3.63) is 34.3 Å². The summed E-state index contributed by atoms with van der Waals surface area (Å²) in [6.45, 7) is 4.16. The van der Waals surface area contributed by atoms with Gasteiger partial charge in [-0.25, -0.2) is 0 Å². The van der Waals surface area contributed by atoms with Crippen LogP contribution >= 0.6 is 15.9 Å². The summed E-state index contributed by atoms with van der Waals surface area (Å²) in [6.07, 6.45) is 0. The molecule has 0 aliphatic heterocycles. The quantitative estimate of drug-likeness (QED) is 0.891. The lowest BCUT2D eigenvalue weighted by molar-refractivity contribution is -0.124. The molecule has 4 heteroatoms. The summed E-state index contributed by atoms with van der Waals surface area (Å²) in [6, 6.07) is 7.90. The van der Waals surface area contributed by atoms with Crippen LogP contribution in [0.1, 0.15) is 25.5 Å². The second kappa shape index (κ2) is 6.01. The van der Waals surface area contributed by atoms with Gasteiger partial charge in [0.15, 0.2) is 0 Å². The molecule has 88 valence electrons. The largest absolute Gasteiger partial charge is 0.349 e. The van der Waals surface area contributed by atoms with Crippen LogP contribution in [0.5, 0.6) is 0 Å². The summed E-state index contributed by atoms with van der Waals surface area (Å²) in [5.74, 6) is -0.149. The highest BCUT2D eigenvalue weighted by Gasteiger charge is 2.14. The molecule has 2 atom stereocenters. The fourth-order valence-corrected chi connectivity index (χ4v) is 1.74. The first-order valence-electron chi connectivity index (χ1n) is 5.30. The molecule has 1 amide bonds. The topological polar surface area (TPSA) is 55.1 Å². The molecule has 0 saturated heterocycles. The number of hydrogen-bond donors (Lipinski definition) is 2. The SMILES string of the molecule is CC(CN)C(=O)N[C@@H](C)c1cccc(Br)c1. The molecule has 0 radical (unpaired) electrons. The third-order valence-electron chi connectivity index (χ3n) is 2.51. The smallest absolute Gasteiger partial charge is 0.224 e. The lowest BCUT2D eigenvalue weighted by Crippen LogP contribution is -2.34. The predicted molar refractivity (Wildman–Crippen MR) is 68.9 cm³/mol. The minimum absolute atomic E-state index is 0.000926. The van der Waals surface area contributed by atoms with Gasteiger partial charge in [-0.15, -0.1) is 0 Å². The van der Waals surface area contributed by atoms with E-state index in [4.69, 9.17) is 5.73 Å². The maximum absolute atomic E-state index is 11.6. The molecule has 1 unspecified atom stereocenters.